The predicted molar refractivity (Wildman–Crippen MR) is 104 cm³/mol. The Hall–Kier alpha value is -2.23. The molecule has 1 amide bonds. The molecule has 0 bridgehead atoms. The van der Waals surface area contributed by atoms with Gasteiger partial charge in [-0.1, -0.05) is 6.07 Å². The first-order valence-corrected chi connectivity index (χ1v) is 9.82. The highest BCUT2D eigenvalue weighted by Crippen LogP contribution is 2.32. The minimum atomic E-state index is -0.737. The Bertz CT molecular complexity index is 948. The molecule has 0 unspecified atom stereocenters. The van der Waals surface area contributed by atoms with Crippen molar-refractivity contribution in [2.24, 2.45) is 0 Å². The SMILES string of the molecule is Cc1nc(CN(C)C)sc1-c1csc(NC(=O)Cc2c(F)cccc2F)n1. The van der Waals surface area contributed by atoms with Gasteiger partial charge in [0.1, 0.15) is 16.6 Å². The van der Waals surface area contributed by atoms with Gasteiger partial charge in [0.05, 0.1) is 22.7 Å². The zero-order chi connectivity index (χ0) is 19.6. The molecular formula is C18H18F2N4OS2. The Balaban J connectivity index is 1.71. The number of amides is 1. The van der Waals surface area contributed by atoms with Gasteiger partial charge >= 0.3 is 0 Å². The van der Waals surface area contributed by atoms with Crippen LogP contribution in [0.5, 0.6) is 0 Å². The summed E-state index contributed by atoms with van der Waals surface area (Å²) < 4.78 is 27.3. The molecule has 2 aromatic heterocycles. The van der Waals surface area contributed by atoms with E-state index >= 15 is 0 Å². The maximum Gasteiger partial charge on any atom is 0.230 e. The average Bonchev–Trinajstić information content (AvgIpc) is 3.17. The number of hydrogen-bond acceptors (Lipinski definition) is 6. The quantitative estimate of drug-likeness (QED) is 0.667. The lowest BCUT2D eigenvalue weighted by Crippen LogP contribution is -2.16. The van der Waals surface area contributed by atoms with Crippen molar-refractivity contribution in [2.75, 3.05) is 19.4 Å². The topological polar surface area (TPSA) is 58.1 Å². The van der Waals surface area contributed by atoms with Crippen molar-refractivity contribution in [2.45, 2.75) is 19.9 Å². The summed E-state index contributed by atoms with van der Waals surface area (Å²) in [7, 11) is 3.95. The maximum atomic E-state index is 13.7. The minimum absolute atomic E-state index is 0.251. The number of halogens is 2. The third-order valence-corrected chi connectivity index (χ3v) is 5.60. The van der Waals surface area contributed by atoms with Gasteiger partial charge in [0.25, 0.3) is 0 Å². The Morgan fingerprint density at radius 3 is 2.59 bits per heavy atom. The van der Waals surface area contributed by atoms with Gasteiger partial charge in [-0.3, -0.25) is 4.79 Å². The molecule has 0 fully saturated rings. The van der Waals surface area contributed by atoms with E-state index in [4.69, 9.17) is 0 Å². The van der Waals surface area contributed by atoms with E-state index in [1.165, 1.54) is 17.4 Å². The maximum absolute atomic E-state index is 13.7. The Morgan fingerprint density at radius 2 is 1.93 bits per heavy atom. The van der Waals surface area contributed by atoms with E-state index in [1.807, 2.05) is 31.3 Å². The summed E-state index contributed by atoms with van der Waals surface area (Å²) in [5.74, 6) is -1.99. The molecule has 0 spiro atoms. The molecule has 142 valence electrons. The number of carbonyl (C=O) groups excluding carboxylic acids is 1. The number of thiazole rings is 2. The second kappa shape index (κ2) is 8.20. The first-order chi connectivity index (χ1) is 12.8. The zero-order valence-corrected chi connectivity index (χ0v) is 16.7. The molecule has 3 rings (SSSR count). The van der Waals surface area contributed by atoms with Crippen LogP contribution < -0.4 is 5.32 Å². The van der Waals surface area contributed by atoms with Crippen molar-refractivity contribution in [3.63, 3.8) is 0 Å². The molecule has 0 saturated carbocycles. The summed E-state index contributed by atoms with van der Waals surface area (Å²) >= 11 is 2.82. The number of nitrogens with one attached hydrogen (secondary N) is 1. The first kappa shape index (κ1) is 19.5. The fourth-order valence-electron chi connectivity index (χ4n) is 2.49. The van der Waals surface area contributed by atoms with Crippen LogP contribution in [0.25, 0.3) is 10.6 Å². The highest BCUT2D eigenvalue weighted by molar-refractivity contribution is 7.17. The first-order valence-electron chi connectivity index (χ1n) is 8.13. The lowest BCUT2D eigenvalue weighted by atomic mass is 10.1. The Morgan fingerprint density at radius 1 is 1.22 bits per heavy atom. The summed E-state index contributed by atoms with van der Waals surface area (Å²) in [5, 5.41) is 5.81. The molecule has 0 aliphatic carbocycles. The van der Waals surface area contributed by atoms with Gasteiger partial charge in [-0.2, -0.15) is 0 Å². The molecule has 3 aromatic rings. The molecule has 27 heavy (non-hydrogen) atoms. The van der Waals surface area contributed by atoms with E-state index in [0.29, 0.717) is 5.13 Å². The van der Waals surface area contributed by atoms with E-state index in [-0.39, 0.29) is 12.0 Å². The van der Waals surface area contributed by atoms with Gasteiger partial charge in [-0.05, 0) is 33.2 Å². The van der Waals surface area contributed by atoms with Gasteiger partial charge in [0.2, 0.25) is 5.91 Å². The van der Waals surface area contributed by atoms with Crippen LogP contribution in [0.4, 0.5) is 13.9 Å². The molecule has 0 radical (unpaired) electrons. The van der Waals surface area contributed by atoms with E-state index in [2.05, 4.69) is 15.3 Å². The number of nitrogens with zero attached hydrogens (tertiary/aromatic N) is 3. The van der Waals surface area contributed by atoms with E-state index in [1.54, 1.807) is 11.3 Å². The highest BCUT2D eigenvalue weighted by Gasteiger charge is 2.16. The zero-order valence-electron chi connectivity index (χ0n) is 15.0. The highest BCUT2D eigenvalue weighted by atomic mass is 32.1. The summed E-state index contributed by atoms with van der Waals surface area (Å²) in [6.45, 7) is 2.66. The molecular weight excluding hydrogens is 390 g/mol. The Kier molecular flexibility index (Phi) is 5.93. The molecule has 0 atom stereocenters. The van der Waals surface area contributed by atoms with Gasteiger partial charge in [-0.25, -0.2) is 18.7 Å². The normalized spacial score (nSPS) is 11.2. The van der Waals surface area contributed by atoms with Crippen molar-refractivity contribution in [3.8, 4) is 10.6 Å². The van der Waals surface area contributed by atoms with E-state index < -0.39 is 17.5 Å². The van der Waals surface area contributed by atoms with Gasteiger partial charge in [-0.15, -0.1) is 22.7 Å². The van der Waals surface area contributed by atoms with Crippen LogP contribution in [0.1, 0.15) is 16.3 Å². The fourth-order valence-corrected chi connectivity index (χ4v) is 4.42. The van der Waals surface area contributed by atoms with Crippen molar-refractivity contribution in [3.05, 3.63) is 51.5 Å². The van der Waals surface area contributed by atoms with Crippen LogP contribution in [-0.4, -0.2) is 34.9 Å². The number of aromatic nitrogens is 2. The number of aryl methyl sites for hydroxylation is 1. The standard InChI is InChI=1S/C18H18F2N4OS2/c1-10-17(27-16(21-10)8-24(2)3)14-9-26-18(22-14)23-15(25)7-11-12(19)5-4-6-13(11)20/h4-6,9H,7-8H2,1-3H3,(H,22,23,25). The summed E-state index contributed by atoms with van der Waals surface area (Å²) in [6, 6.07) is 3.53. The summed E-state index contributed by atoms with van der Waals surface area (Å²) in [5.41, 5.74) is 1.36. The number of carbonyl (C=O) groups is 1. The van der Waals surface area contributed by atoms with Gasteiger partial charge in [0, 0.05) is 17.5 Å². The van der Waals surface area contributed by atoms with Crippen LogP contribution in [0.2, 0.25) is 0 Å². The fraction of sp³-hybridized carbons (Fsp3) is 0.278. The minimum Gasteiger partial charge on any atom is -0.303 e. The molecule has 0 aliphatic heterocycles. The van der Waals surface area contributed by atoms with Gasteiger partial charge in [0.15, 0.2) is 5.13 Å². The monoisotopic (exact) mass is 408 g/mol. The van der Waals surface area contributed by atoms with Gasteiger partial charge < -0.3 is 10.2 Å². The number of rotatable bonds is 6. The second-order valence-electron chi connectivity index (χ2n) is 6.22. The van der Waals surface area contributed by atoms with Crippen molar-refractivity contribution < 1.29 is 13.6 Å². The molecule has 0 aliphatic rings. The third-order valence-electron chi connectivity index (χ3n) is 3.67. The van der Waals surface area contributed by atoms with E-state index in [9.17, 15) is 13.6 Å². The third kappa shape index (κ3) is 4.74. The lowest BCUT2D eigenvalue weighted by Gasteiger charge is -2.04. The largest absolute Gasteiger partial charge is 0.303 e. The number of benzene rings is 1. The second-order valence-corrected chi connectivity index (χ2v) is 8.16. The predicted octanol–water partition coefficient (Wildman–Crippen LogP) is 4.10. The van der Waals surface area contributed by atoms with Crippen molar-refractivity contribution >= 4 is 33.7 Å². The summed E-state index contributed by atoms with van der Waals surface area (Å²) in [6.07, 6.45) is -0.389. The number of anilines is 1. The number of hydrogen-bond donors (Lipinski definition) is 1. The Labute approximate surface area is 163 Å². The smallest absolute Gasteiger partial charge is 0.230 e. The van der Waals surface area contributed by atoms with Crippen LogP contribution >= 0.6 is 22.7 Å². The molecule has 0 saturated heterocycles. The lowest BCUT2D eigenvalue weighted by molar-refractivity contribution is -0.115. The molecule has 1 aromatic carbocycles. The average molecular weight is 408 g/mol. The molecule has 9 heteroatoms. The van der Waals surface area contributed by atoms with E-state index in [0.717, 1.165) is 40.0 Å². The van der Waals surface area contributed by atoms with Crippen LogP contribution in [-0.2, 0) is 17.8 Å². The van der Waals surface area contributed by atoms with Crippen molar-refractivity contribution in [1.82, 2.24) is 14.9 Å². The van der Waals surface area contributed by atoms with Crippen LogP contribution in [0.15, 0.2) is 23.6 Å². The van der Waals surface area contributed by atoms with Crippen LogP contribution in [0, 0.1) is 18.6 Å². The van der Waals surface area contributed by atoms with Crippen LogP contribution in [0.3, 0.4) is 0 Å². The van der Waals surface area contributed by atoms with Crippen molar-refractivity contribution in [1.29, 1.82) is 0 Å². The molecule has 5 nitrogen and oxygen atoms in total. The molecule has 1 N–H and O–H groups in total. The summed E-state index contributed by atoms with van der Waals surface area (Å²) in [4.78, 5) is 24.1. The molecule has 2 heterocycles.